The summed E-state index contributed by atoms with van der Waals surface area (Å²) in [5, 5.41) is 9.65. The highest BCUT2D eigenvalue weighted by atomic mass is 16.4. The van der Waals surface area contributed by atoms with Gasteiger partial charge >= 0.3 is 0 Å². The molecule has 0 aromatic rings. The number of rotatable bonds is 14. The molecule has 0 saturated heterocycles. The van der Waals surface area contributed by atoms with Crippen molar-refractivity contribution in [1.29, 1.82) is 0 Å². The predicted molar refractivity (Wildman–Crippen MR) is 94.1 cm³/mol. The average molecular weight is 316 g/mol. The lowest BCUT2D eigenvalue weighted by atomic mass is 10.1. The summed E-state index contributed by atoms with van der Waals surface area (Å²) < 4.78 is 0. The van der Waals surface area contributed by atoms with Crippen molar-refractivity contribution in [1.82, 2.24) is 0 Å². The lowest BCUT2D eigenvalue weighted by Gasteiger charge is -2.06. The van der Waals surface area contributed by atoms with Gasteiger partial charge in [0.1, 0.15) is 0 Å². The minimum Gasteiger partial charge on any atom is -0.550 e. The average Bonchev–Trinajstić information content (AvgIpc) is 2.47. The Balaban J connectivity index is 0. The van der Waals surface area contributed by atoms with E-state index in [1.807, 2.05) is 6.92 Å². The van der Waals surface area contributed by atoms with Gasteiger partial charge in [0, 0.05) is 5.97 Å². The number of carbonyl (C=O) groups is 1. The number of nitrogens with one attached hydrogen (secondary N) is 1. The van der Waals surface area contributed by atoms with Crippen LogP contribution in [0.2, 0.25) is 0 Å². The maximum Gasteiger partial charge on any atom is 0.0766 e. The summed E-state index contributed by atoms with van der Waals surface area (Å²) in [7, 11) is 4.49. The van der Waals surface area contributed by atoms with Crippen LogP contribution in [0.1, 0.15) is 97.3 Å². The van der Waals surface area contributed by atoms with Crippen molar-refractivity contribution < 1.29 is 14.8 Å². The molecule has 0 bridgehead atoms. The molecule has 3 nitrogen and oxygen atoms in total. The smallest absolute Gasteiger partial charge is 0.0766 e. The summed E-state index contributed by atoms with van der Waals surface area (Å²) in [4.78, 5) is 11.2. The highest BCUT2D eigenvalue weighted by Crippen LogP contribution is 2.09. The molecule has 0 atom stereocenters. The molecule has 0 heterocycles. The number of unbranched alkanes of at least 4 members (excludes halogenated alkanes) is 10. The van der Waals surface area contributed by atoms with Crippen LogP contribution in [-0.4, -0.2) is 26.6 Å². The lowest BCUT2D eigenvalue weighted by Crippen LogP contribution is -3.05. The molecule has 0 fully saturated rings. The fourth-order valence-electron chi connectivity index (χ4n) is 2.29. The second-order valence-electron chi connectivity index (χ2n) is 6.61. The Morgan fingerprint density at radius 3 is 1.45 bits per heavy atom. The standard InChI is InChI=1S/C14H31N.C5H10O2/c1-4-5-6-7-8-9-10-11-12-13-14-15(2)3;1-2-3-4-5(6)7/h4-14H2,1-3H3;2-4H2,1H3,(H,6,7). The van der Waals surface area contributed by atoms with Crippen LogP contribution in [0.15, 0.2) is 0 Å². The van der Waals surface area contributed by atoms with E-state index in [0.29, 0.717) is 0 Å². The SMILES string of the molecule is CCCCC(=O)[O-].CCCCCCCCCCCC[NH+](C)C. The van der Waals surface area contributed by atoms with Gasteiger partial charge < -0.3 is 14.8 Å². The van der Waals surface area contributed by atoms with E-state index < -0.39 is 5.97 Å². The minimum atomic E-state index is -0.943. The van der Waals surface area contributed by atoms with Gasteiger partial charge in [-0.2, -0.15) is 0 Å². The molecular formula is C19H41NO2. The van der Waals surface area contributed by atoms with Crippen LogP contribution in [0.4, 0.5) is 0 Å². The zero-order valence-electron chi connectivity index (χ0n) is 15.7. The van der Waals surface area contributed by atoms with E-state index in [1.54, 1.807) is 4.90 Å². The van der Waals surface area contributed by atoms with Gasteiger partial charge in [-0.1, -0.05) is 71.6 Å². The predicted octanol–water partition coefficient (Wildman–Crippen LogP) is 2.98. The summed E-state index contributed by atoms with van der Waals surface area (Å²) in [5.41, 5.74) is 0. The Morgan fingerprint density at radius 2 is 1.14 bits per heavy atom. The van der Waals surface area contributed by atoms with Crippen LogP contribution in [0.25, 0.3) is 0 Å². The molecule has 0 rings (SSSR count). The molecule has 0 aromatic carbocycles. The third-order valence-corrected chi connectivity index (χ3v) is 3.76. The maximum absolute atomic E-state index is 9.65. The first-order valence-electron chi connectivity index (χ1n) is 9.53. The maximum atomic E-state index is 9.65. The molecule has 3 heteroatoms. The molecule has 0 saturated carbocycles. The van der Waals surface area contributed by atoms with Gasteiger partial charge in [0.15, 0.2) is 0 Å². The normalized spacial score (nSPS) is 10.4. The molecule has 0 amide bonds. The molecule has 0 aromatic heterocycles. The van der Waals surface area contributed by atoms with Crippen LogP contribution in [-0.2, 0) is 4.79 Å². The fourth-order valence-corrected chi connectivity index (χ4v) is 2.29. The number of hydrogen-bond acceptors (Lipinski definition) is 2. The van der Waals surface area contributed by atoms with E-state index in [0.717, 1.165) is 12.8 Å². The van der Waals surface area contributed by atoms with E-state index in [-0.39, 0.29) is 6.42 Å². The summed E-state index contributed by atoms with van der Waals surface area (Å²) >= 11 is 0. The number of quaternary nitrogens is 1. The largest absolute Gasteiger partial charge is 0.550 e. The molecule has 0 unspecified atom stereocenters. The van der Waals surface area contributed by atoms with Crippen molar-refractivity contribution >= 4 is 5.97 Å². The van der Waals surface area contributed by atoms with Gasteiger partial charge in [0.05, 0.1) is 20.6 Å². The van der Waals surface area contributed by atoms with E-state index in [1.165, 1.54) is 70.8 Å². The summed E-state index contributed by atoms with van der Waals surface area (Å²) in [5.74, 6) is -0.943. The van der Waals surface area contributed by atoms with Gasteiger partial charge in [0.2, 0.25) is 0 Å². The summed E-state index contributed by atoms with van der Waals surface area (Å²) in [6.07, 6.45) is 16.3. The third kappa shape index (κ3) is 27.7. The molecule has 1 N–H and O–H groups in total. The van der Waals surface area contributed by atoms with E-state index in [2.05, 4.69) is 21.0 Å². The van der Waals surface area contributed by atoms with Crippen molar-refractivity contribution in [2.24, 2.45) is 0 Å². The van der Waals surface area contributed by atoms with E-state index in [4.69, 9.17) is 0 Å². The zero-order chi connectivity index (χ0) is 17.1. The number of carbonyl (C=O) groups excluding carboxylic acids is 1. The Kier molecular flexibility index (Phi) is 22.0. The molecule has 0 aliphatic rings. The van der Waals surface area contributed by atoms with Gasteiger partial charge in [-0.05, 0) is 25.7 Å². The first-order valence-corrected chi connectivity index (χ1v) is 9.53. The van der Waals surface area contributed by atoms with Crippen LogP contribution in [0.5, 0.6) is 0 Å². The van der Waals surface area contributed by atoms with Crippen LogP contribution in [0.3, 0.4) is 0 Å². The van der Waals surface area contributed by atoms with Crippen molar-refractivity contribution in [2.45, 2.75) is 97.3 Å². The molecule has 0 spiro atoms. The Morgan fingerprint density at radius 1 is 0.727 bits per heavy atom. The Bertz CT molecular complexity index is 217. The number of carboxylic acid groups (broad SMARTS) is 1. The van der Waals surface area contributed by atoms with Crippen molar-refractivity contribution in [3.05, 3.63) is 0 Å². The first kappa shape index (κ1) is 23.7. The third-order valence-electron chi connectivity index (χ3n) is 3.76. The van der Waals surface area contributed by atoms with Gasteiger partial charge in [-0.25, -0.2) is 0 Å². The monoisotopic (exact) mass is 315 g/mol. The second kappa shape index (κ2) is 20.4. The molecule has 22 heavy (non-hydrogen) atoms. The fraction of sp³-hybridized carbons (Fsp3) is 0.947. The molecule has 0 radical (unpaired) electrons. The van der Waals surface area contributed by atoms with Crippen LogP contribution >= 0.6 is 0 Å². The summed E-state index contributed by atoms with van der Waals surface area (Å²) in [6, 6.07) is 0. The first-order chi connectivity index (χ1) is 10.5. The minimum absolute atomic E-state index is 0.205. The number of aliphatic carboxylic acids is 1. The van der Waals surface area contributed by atoms with Gasteiger partial charge in [-0.3, -0.25) is 0 Å². The summed E-state index contributed by atoms with van der Waals surface area (Å²) in [6.45, 7) is 5.58. The van der Waals surface area contributed by atoms with Gasteiger partial charge in [0.25, 0.3) is 0 Å². The molecule has 0 aliphatic heterocycles. The highest BCUT2D eigenvalue weighted by molar-refractivity contribution is 5.63. The van der Waals surface area contributed by atoms with Crippen molar-refractivity contribution in [2.75, 3.05) is 20.6 Å². The van der Waals surface area contributed by atoms with E-state index >= 15 is 0 Å². The second-order valence-corrected chi connectivity index (χ2v) is 6.61. The number of hydrogen-bond donors (Lipinski definition) is 1. The molecular weight excluding hydrogens is 274 g/mol. The van der Waals surface area contributed by atoms with Crippen molar-refractivity contribution in [3.8, 4) is 0 Å². The highest BCUT2D eigenvalue weighted by Gasteiger charge is 1.94. The topological polar surface area (TPSA) is 44.6 Å². The van der Waals surface area contributed by atoms with Crippen LogP contribution in [0, 0.1) is 0 Å². The molecule has 0 aliphatic carbocycles. The van der Waals surface area contributed by atoms with E-state index in [9.17, 15) is 9.90 Å². The number of carboxylic acids is 1. The van der Waals surface area contributed by atoms with Gasteiger partial charge in [-0.15, -0.1) is 0 Å². The quantitative estimate of drug-likeness (QED) is 0.501. The Labute approximate surface area is 139 Å². The Hall–Kier alpha value is -0.570. The lowest BCUT2D eigenvalue weighted by molar-refractivity contribution is -0.858. The van der Waals surface area contributed by atoms with Crippen LogP contribution < -0.4 is 10.0 Å². The van der Waals surface area contributed by atoms with Crippen molar-refractivity contribution in [3.63, 3.8) is 0 Å². The zero-order valence-corrected chi connectivity index (χ0v) is 15.7. The molecule has 134 valence electrons.